The van der Waals surface area contributed by atoms with Gasteiger partial charge < -0.3 is 20.5 Å². The zero-order valence-electron chi connectivity index (χ0n) is 9.82. The molecule has 4 saturated heterocycles. The number of nitrogens with two attached hydrogens (primary N) is 1. The minimum atomic E-state index is -0.699. The van der Waals surface area contributed by atoms with Gasteiger partial charge >= 0.3 is 0 Å². The summed E-state index contributed by atoms with van der Waals surface area (Å²) in [5, 5.41) is 10.8. The van der Waals surface area contributed by atoms with Gasteiger partial charge in [0.05, 0.1) is 11.1 Å². The second-order valence-corrected chi connectivity index (χ2v) is 5.73. The van der Waals surface area contributed by atoms with Gasteiger partial charge in [0.25, 0.3) is 0 Å². The Balaban J connectivity index is 1.86. The molecule has 0 aromatic rings. The Morgan fingerprint density at radius 1 is 1.19 bits per heavy atom. The lowest BCUT2D eigenvalue weighted by atomic mass is 9.62. The SMILES string of the molecule is NC1(C2(O)CCOCC2)CN2CCC1CC2. The minimum Gasteiger partial charge on any atom is -0.388 e. The van der Waals surface area contributed by atoms with Crippen LogP contribution in [0, 0.1) is 5.92 Å². The molecule has 0 spiro atoms. The summed E-state index contributed by atoms with van der Waals surface area (Å²) < 4.78 is 5.35. The standard InChI is InChI=1S/C12H22N2O2/c13-12(11(15)3-7-16-8-4-11)9-14-5-1-10(12)2-6-14/h10,15H,1-9,13H2. The molecule has 1 unspecified atom stereocenters. The molecule has 4 aliphatic heterocycles. The van der Waals surface area contributed by atoms with E-state index in [9.17, 15) is 5.11 Å². The van der Waals surface area contributed by atoms with E-state index in [2.05, 4.69) is 4.90 Å². The predicted octanol–water partition coefficient (Wildman–Crippen LogP) is -0.0490. The van der Waals surface area contributed by atoms with Crippen molar-refractivity contribution in [1.29, 1.82) is 0 Å². The van der Waals surface area contributed by atoms with E-state index in [-0.39, 0.29) is 0 Å². The first kappa shape index (κ1) is 11.0. The van der Waals surface area contributed by atoms with E-state index < -0.39 is 11.1 Å². The molecule has 4 nitrogen and oxygen atoms in total. The van der Waals surface area contributed by atoms with E-state index in [1.807, 2.05) is 0 Å². The summed E-state index contributed by atoms with van der Waals surface area (Å²) >= 11 is 0. The summed E-state index contributed by atoms with van der Waals surface area (Å²) in [5.41, 5.74) is 5.51. The molecule has 92 valence electrons. The third-order valence-electron chi connectivity index (χ3n) is 4.99. The fraction of sp³-hybridized carbons (Fsp3) is 1.00. The Morgan fingerprint density at radius 2 is 1.81 bits per heavy atom. The molecule has 0 saturated carbocycles. The molecule has 16 heavy (non-hydrogen) atoms. The van der Waals surface area contributed by atoms with Gasteiger partial charge in [0.15, 0.2) is 0 Å². The number of fused-ring (bicyclic) bond motifs is 3. The third-order valence-corrected chi connectivity index (χ3v) is 4.99. The van der Waals surface area contributed by atoms with Crippen molar-refractivity contribution in [1.82, 2.24) is 4.90 Å². The maximum Gasteiger partial charge on any atom is 0.0885 e. The number of aliphatic hydroxyl groups is 1. The van der Waals surface area contributed by atoms with Crippen molar-refractivity contribution in [3.05, 3.63) is 0 Å². The summed E-state index contributed by atoms with van der Waals surface area (Å²) in [6, 6.07) is 0. The first-order valence-corrected chi connectivity index (χ1v) is 6.45. The van der Waals surface area contributed by atoms with Crippen LogP contribution in [0.15, 0.2) is 0 Å². The Hall–Kier alpha value is -0.160. The molecule has 4 heterocycles. The van der Waals surface area contributed by atoms with Crippen molar-refractivity contribution in [2.75, 3.05) is 32.8 Å². The van der Waals surface area contributed by atoms with Crippen molar-refractivity contribution in [3.63, 3.8) is 0 Å². The van der Waals surface area contributed by atoms with Crippen LogP contribution in [0.4, 0.5) is 0 Å². The second-order valence-electron chi connectivity index (χ2n) is 5.73. The zero-order valence-corrected chi connectivity index (χ0v) is 9.82. The molecule has 0 aliphatic carbocycles. The molecule has 2 bridgehead atoms. The Labute approximate surface area is 96.7 Å². The smallest absolute Gasteiger partial charge is 0.0885 e. The highest BCUT2D eigenvalue weighted by atomic mass is 16.5. The van der Waals surface area contributed by atoms with E-state index in [0.717, 1.165) is 32.5 Å². The van der Waals surface area contributed by atoms with Gasteiger partial charge in [-0.3, -0.25) is 0 Å². The van der Waals surface area contributed by atoms with Gasteiger partial charge in [-0.2, -0.15) is 0 Å². The van der Waals surface area contributed by atoms with Crippen molar-refractivity contribution in [2.24, 2.45) is 11.7 Å². The maximum atomic E-state index is 10.8. The fourth-order valence-corrected chi connectivity index (χ4v) is 3.81. The third kappa shape index (κ3) is 1.44. The summed E-state index contributed by atoms with van der Waals surface area (Å²) in [5.74, 6) is 0.501. The van der Waals surface area contributed by atoms with E-state index in [4.69, 9.17) is 10.5 Å². The molecule has 4 fully saturated rings. The van der Waals surface area contributed by atoms with Gasteiger partial charge in [-0.15, -0.1) is 0 Å². The van der Waals surface area contributed by atoms with Gasteiger partial charge in [-0.1, -0.05) is 0 Å². The van der Waals surface area contributed by atoms with E-state index in [0.29, 0.717) is 32.0 Å². The van der Waals surface area contributed by atoms with Gasteiger partial charge in [-0.25, -0.2) is 0 Å². The first-order valence-electron chi connectivity index (χ1n) is 6.45. The van der Waals surface area contributed by atoms with Crippen LogP contribution in [0.5, 0.6) is 0 Å². The molecule has 4 aliphatic rings. The molecule has 1 atom stereocenters. The van der Waals surface area contributed by atoms with Crippen molar-refractivity contribution >= 4 is 0 Å². The molecular weight excluding hydrogens is 204 g/mol. The van der Waals surface area contributed by atoms with Crippen molar-refractivity contribution in [2.45, 2.75) is 36.8 Å². The average molecular weight is 226 g/mol. The van der Waals surface area contributed by atoms with Crippen LogP contribution >= 0.6 is 0 Å². The first-order chi connectivity index (χ1) is 7.64. The molecule has 4 rings (SSSR count). The normalized spacial score (nSPS) is 46.9. The fourth-order valence-electron chi connectivity index (χ4n) is 3.81. The van der Waals surface area contributed by atoms with Crippen LogP contribution in [-0.2, 0) is 4.74 Å². The molecule has 0 radical (unpaired) electrons. The van der Waals surface area contributed by atoms with E-state index in [1.165, 1.54) is 0 Å². The Morgan fingerprint density at radius 3 is 2.31 bits per heavy atom. The van der Waals surface area contributed by atoms with Crippen molar-refractivity contribution < 1.29 is 9.84 Å². The van der Waals surface area contributed by atoms with Crippen LogP contribution in [0.25, 0.3) is 0 Å². The highest BCUT2D eigenvalue weighted by molar-refractivity contribution is 5.13. The van der Waals surface area contributed by atoms with Crippen molar-refractivity contribution in [3.8, 4) is 0 Å². The summed E-state index contributed by atoms with van der Waals surface area (Å²) in [6.45, 7) is 4.50. The number of hydrogen-bond donors (Lipinski definition) is 2. The molecule has 3 N–H and O–H groups in total. The van der Waals surface area contributed by atoms with Gasteiger partial charge in [0.2, 0.25) is 0 Å². The number of ether oxygens (including phenoxy) is 1. The Bertz CT molecular complexity index is 270. The zero-order chi connectivity index (χ0) is 11.2. The second kappa shape index (κ2) is 3.67. The lowest BCUT2D eigenvalue weighted by molar-refractivity contribution is -0.157. The van der Waals surface area contributed by atoms with Crippen LogP contribution in [0.1, 0.15) is 25.7 Å². The minimum absolute atomic E-state index is 0.396. The van der Waals surface area contributed by atoms with Crippen LogP contribution < -0.4 is 5.73 Å². The van der Waals surface area contributed by atoms with Crippen LogP contribution in [-0.4, -0.2) is 54.0 Å². The Kier molecular flexibility index (Phi) is 2.51. The predicted molar refractivity (Wildman–Crippen MR) is 61.1 cm³/mol. The summed E-state index contributed by atoms with van der Waals surface area (Å²) in [4.78, 5) is 2.41. The van der Waals surface area contributed by atoms with Gasteiger partial charge in [-0.05, 0) is 31.8 Å². The maximum absolute atomic E-state index is 10.8. The highest BCUT2D eigenvalue weighted by Crippen LogP contribution is 2.44. The summed E-state index contributed by atoms with van der Waals surface area (Å²) in [6.07, 6.45) is 3.71. The van der Waals surface area contributed by atoms with Gasteiger partial charge in [0, 0.05) is 32.6 Å². The van der Waals surface area contributed by atoms with Crippen LogP contribution in [0.2, 0.25) is 0 Å². The molecule has 0 aromatic carbocycles. The number of piperidine rings is 3. The molecular formula is C12H22N2O2. The van der Waals surface area contributed by atoms with E-state index >= 15 is 0 Å². The summed E-state index contributed by atoms with van der Waals surface area (Å²) in [7, 11) is 0. The number of nitrogens with zero attached hydrogens (tertiary/aromatic N) is 1. The molecule has 4 heteroatoms. The quantitative estimate of drug-likeness (QED) is 0.658. The topological polar surface area (TPSA) is 58.7 Å². The monoisotopic (exact) mass is 226 g/mol. The van der Waals surface area contributed by atoms with E-state index in [1.54, 1.807) is 0 Å². The highest BCUT2D eigenvalue weighted by Gasteiger charge is 2.56. The number of rotatable bonds is 1. The lowest BCUT2D eigenvalue weighted by Crippen LogP contribution is -2.75. The average Bonchev–Trinajstić information content (AvgIpc) is 2.31. The molecule has 0 aromatic heterocycles. The van der Waals surface area contributed by atoms with Gasteiger partial charge in [0.1, 0.15) is 0 Å². The molecule has 0 amide bonds. The van der Waals surface area contributed by atoms with Crippen LogP contribution in [0.3, 0.4) is 0 Å². The number of hydrogen-bond acceptors (Lipinski definition) is 4. The largest absolute Gasteiger partial charge is 0.388 e. The lowest BCUT2D eigenvalue weighted by Gasteiger charge is -2.58.